The molecule has 0 unspecified atom stereocenters. The van der Waals surface area contributed by atoms with Crippen molar-refractivity contribution < 1.29 is 14.3 Å². The molecule has 0 amide bonds. The van der Waals surface area contributed by atoms with E-state index in [2.05, 4.69) is 63.8 Å². The molecule has 0 saturated carbocycles. The minimum absolute atomic E-state index is 0.0809. The Hall–Kier alpha value is -5.25. The Morgan fingerprint density at radius 3 is 2.55 bits per heavy atom. The Bertz CT molecular complexity index is 2260. The summed E-state index contributed by atoms with van der Waals surface area (Å²) in [4.78, 5) is 31.4. The first-order valence-corrected chi connectivity index (χ1v) is 17.1. The van der Waals surface area contributed by atoms with Crippen molar-refractivity contribution in [1.82, 2.24) is 24.7 Å². The molecule has 10 heteroatoms. The molecule has 10 nitrogen and oxygen atoms in total. The second-order valence-electron chi connectivity index (χ2n) is 14.4. The van der Waals surface area contributed by atoms with Gasteiger partial charge in [-0.25, -0.2) is 9.97 Å². The number of furan rings is 1. The zero-order chi connectivity index (χ0) is 34.0. The predicted octanol–water partition coefficient (Wildman–Crippen LogP) is 7.27. The second-order valence-corrected chi connectivity index (χ2v) is 14.4. The van der Waals surface area contributed by atoms with Crippen LogP contribution >= 0.6 is 0 Å². The molecule has 4 aromatic heterocycles. The van der Waals surface area contributed by atoms with E-state index in [0.29, 0.717) is 12.1 Å². The lowest BCUT2D eigenvalue weighted by Crippen LogP contribution is -2.38. The molecule has 1 saturated heterocycles. The maximum atomic E-state index is 12.3. The van der Waals surface area contributed by atoms with Crippen molar-refractivity contribution in [3.8, 4) is 22.4 Å². The fourth-order valence-electron chi connectivity index (χ4n) is 7.60. The van der Waals surface area contributed by atoms with Crippen molar-refractivity contribution in [2.75, 3.05) is 29.4 Å². The van der Waals surface area contributed by atoms with Crippen LogP contribution in [0.15, 0.2) is 59.4 Å². The molecule has 49 heavy (non-hydrogen) atoms. The van der Waals surface area contributed by atoms with Gasteiger partial charge in [0.15, 0.2) is 11.4 Å². The summed E-state index contributed by atoms with van der Waals surface area (Å²) in [5.41, 5.74) is 12.5. The molecule has 2 aromatic carbocycles. The highest BCUT2D eigenvalue weighted by Gasteiger charge is 2.32. The summed E-state index contributed by atoms with van der Waals surface area (Å²) in [6, 6.07) is 14.7. The number of carboxylic acids is 1. The zero-order valence-electron chi connectivity index (χ0n) is 28.7. The Morgan fingerprint density at radius 1 is 1.00 bits per heavy atom. The molecule has 0 radical (unpaired) electrons. The predicted molar refractivity (Wildman–Crippen MR) is 192 cm³/mol. The first kappa shape index (κ1) is 31.0. The average molecular weight is 656 g/mol. The number of aliphatic carboxylic acids is 1. The van der Waals surface area contributed by atoms with Crippen LogP contribution < -0.4 is 9.80 Å². The van der Waals surface area contributed by atoms with Crippen LogP contribution in [-0.4, -0.2) is 55.4 Å². The lowest BCUT2D eigenvalue weighted by Gasteiger charge is -2.40. The minimum Gasteiger partial charge on any atom is -0.481 e. The molecule has 0 atom stereocenters. The van der Waals surface area contributed by atoms with E-state index in [1.54, 1.807) is 6.33 Å². The molecule has 0 aliphatic carbocycles. The monoisotopic (exact) mass is 655 g/mol. The van der Waals surface area contributed by atoms with E-state index in [-0.39, 0.29) is 11.8 Å². The molecule has 6 heterocycles. The number of pyridine rings is 1. The standard InChI is InChI=1S/C39H41N7O3/c1-23-29(19-32(47)48)36(45-16-13-39(3,4)14-17-45)33(34(43-23)30-20-42-44(5)24(30)2)26-10-11-27-21-46(15-12-25(27)18-26)38-37-35(40-22-41-38)28-8-6-7-9-31(28)49-37/h6-11,18,20,22H,12-17,19,21H2,1-5H3,(H,47,48). The molecule has 1 N–H and O–H groups in total. The van der Waals surface area contributed by atoms with E-state index in [0.717, 1.165) is 106 Å². The number of para-hydroxylation sites is 1. The zero-order valence-corrected chi connectivity index (χ0v) is 28.7. The fourth-order valence-corrected chi connectivity index (χ4v) is 7.60. The normalized spacial score (nSPS) is 16.0. The van der Waals surface area contributed by atoms with Crippen molar-refractivity contribution in [2.45, 2.75) is 59.9 Å². The second kappa shape index (κ2) is 11.7. The Labute approximate surface area is 285 Å². The lowest BCUT2D eigenvalue weighted by atomic mass is 9.81. The van der Waals surface area contributed by atoms with E-state index in [1.807, 2.05) is 49.1 Å². The van der Waals surface area contributed by atoms with Gasteiger partial charge >= 0.3 is 5.97 Å². The highest BCUT2D eigenvalue weighted by molar-refractivity contribution is 6.05. The van der Waals surface area contributed by atoms with Crippen molar-refractivity contribution in [3.05, 3.63) is 83.1 Å². The van der Waals surface area contributed by atoms with Gasteiger partial charge in [0.1, 0.15) is 17.4 Å². The van der Waals surface area contributed by atoms with E-state index in [1.165, 1.54) is 11.1 Å². The summed E-state index contributed by atoms with van der Waals surface area (Å²) in [5.74, 6) is -0.0461. The van der Waals surface area contributed by atoms with Gasteiger partial charge in [-0.3, -0.25) is 14.5 Å². The number of carbonyl (C=O) groups is 1. The van der Waals surface area contributed by atoms with Crippen LogP contribution in [0.4, 0.5) is 11.5 Å². The number of benzene rings is 2. The summed E-state index contributed by atoms with van der Waals surface area (Å²) in [5, 5.41) is 15.7. The maximum absolute atomic E-state index is 12.3. The molecule has 2 aliphatic rings. The highest BCUT2D eigenvalue weighted by atomic mass is 16.4. The first-order valence-electron chi connectivity index (χ1n) is 17.1. The van der Waals surface area contributed by atoms with Crippen molar-refractivity contribution in [1.29, 1.82) is 0 Å². The molecule has 8 rings (SSSR count). The van der Waals surface area contributed by atoms with Crippen molar-refractivity contribution in [3.63, 3.8) is 0 Å². The van der Waals surface area contributed by atoms with Gasteiger partial charge in [0.2, 0.25) is 0 Å². The van der Waals surface area contributed by atoms with Gasteiger partial charge < -0.3 is 19.3 Å². The third-order valence-electron chi connectivity index (χ3n) is 10.7. The number of aryl methyl sites for hydroxylation is 2. The number of hydrogen-bond donors (Lipinski definition) is 1. The summed E-state index contributed by atoms with van der Waals surface area (Å²) < 4.78 is 8.15. The van der Waals surface area contributed by atoms with Crippen molar-refractivity contribution >= 4 is 39.5 Å². The smallest absolute Gasteiger partial charge is 0.307 e. The summed E-state index contributed by atoms with van der Waals surface area (Å²) >= 11 is 0. The van der Waals surface area contributed by atoms with E-state index >= 15 is 0 Å². The van der Waals surface area contributed by atoms with Crippen LogP contribution in [0.1, 0.15) is 54.8 Å². The van der Waals surface area contributed by atoms with E-state index in [9.17, 15) is 9.90 Å². The number of carboxylic acid groups (broad SMARTS) is 1. The number of fused-ring (bicyclic) bond motifs is 4. The van der Waals surface area contributed by atoms with Crippen LogP contribution in [0.5, 0.6) is 0 Å². The highest BCUT2D eigenvalue weighted by Crippen LogP contribution is 2.46. The molecule has 1 fully saturated rings. The Morgan fingerprint density at radius 2 is 1.80 bits per heavy atom. The van der Waals surface area contributed by atoms with Gasteiger partial charge in [-0.2, -0.15) is 5.10 Å². The number of nitrogens with zero attached hydrogens (tertiary/aromatic N) is 7. The van der Waals surface area contributed by atoms with Gasteiger partial charge in [-0.1, -0.05) is 44.2 Å². The van der Waals surface area contributed by atoms with Crippen LogP contribution in [0.3, 0.4) is 0 Å². The maximum Gasteiger partial charge on any atom is 0.307 e. The molecule has 6 aromatic rings. The minimum atomic E-state index is -0.853. The number of piperidine rings is 1. The van der Waals surface area contributed by atoms with Gasteiger partial charge in [0, 0.05) is 66.7 Å². The van der Waals surface area contributed by atoms with Gasteiger partial charge in [0.25, 0.3) is 0 Å². The third kappa shape index (κ3) is 5.39. The first-order chi connectivity index (χ1) is 23.6. The van der Waals surface area contributed by atoms with Gasteiger partial charge in [0.05, 0.1) is 24.0 Å². The number of anilines is 2. The van der Waals surface area contributed by atoms with E-state index < -0.39 is 5.97 Å². The fraction of sp³-hybridized carbons (Fsp3) is 0.359. The molecular weight excluding hydrogens is 614 g/mol. The lowest BCUT2D eigenvalue weighted by molar-refractivity contribution is -0.136. The molecular formula is C39H41N7O3. The van der Waals surface area contributed by atoms with Crippen molar-refractivity contribution in [2.24, 2.45) is 12.5 Å². The molecule has 0 spiro atoms. The van der Waals surface area contributed by atoms with Gasteiger partial charge in [-0.15, -0.1) is 0 Å². The summed E-state index contributed by atoms with van der Waals surface area (Å²) in [6.45, 7) is 11.8. The topological polar surface area (TPSA) is 113 Å². The molecule has 250 valence electrons. The van der Waals surface area contributed by atoms with Gasteiger partial charge in [-0.05, 0) is 67.3 Å². The third-order valence-corrected chi connectivity index (χ3v) is 10.7. The van der Waals surface area contributed by atoms with Crippen LogP contribution in [0.2, 0.25) is 0 Å². The molecule has 2 aliphatic heterocycles. The van der Waals surface area contributed by atoms with Crippen LogP contribution in [0, 0.1) is 19.3 Å². The number of rotatable bonds is 6. The molecule has 0 bridgehead atoms. The Kier molecular flexibility index (Phi) is 7.42. The largest absolute Gasteiger partial charge is 0.481 e. The average Bonchev–Trinajstić information content (AvgIpc) is 3.64. The quantitative estimate of drug-likeness (QED) is 0.198. The SMILES string of the molecule is Cc1nc(-c2cnn(C)c2C)c(-c2ccc3c(c2)CCN(c2ncnc4c2oc2ccccc24)C3)c(N2CCC(C)(C)CC2)c1CC(=O)O. The summed E-state index contributed by atoms with van der Waals surface area (Å²) in [6.07, 6.45) is 6.32. The summed E-state index contributed by atoms with van der Waals surface area (Å²) in [7, 11) is 1.94. The van der Waals surface area contributed by atoms with E-state index in [4.69, 9.17) is 9.40 Å². The Balaban J connectivity index is 1.25. The number of aromatic nitrogens is 5. The van der Waals surface area contributed by atoms with Crippen LogP contribution in [-0.2, 0) is 31.2 Å². The van der Waals surface area contributed by atoms with Crippen LogP contribution in [0.25, 0.3) is 44.5 Å². The number of hydrogen-bond acceptors (Lipinski definition) is 8.